The Kier molecular flexibility index (Phi) is 4.58. The lowest BCUT2D eigenvalue weighted by molar-refractivity contribution is -0.141. The fraction of sp³-hybridized carbons (Fsp3) is 0.167. The van der Waals surface area contributed by atoms with Crippen LogP contribution < -0.4 is 10.1 Å². The van der Waals surface area contributed by atoms with Crippen molar-refractivity contribution in [3.63, 3.8) is 0 Å². The molecular formula is C12H8BrClF3N3O. The van der Waals surface area contributed by atoms with E-state index in [1.54, 1.807) is 18.2 Å². The van der Waals surface area contributed by atoms with Gasteiger partial charge in [-0.05, 0) is 45.7 Å². The van der Waals surface area contributed by atoms with E-state index in [0.717, 1.165) is 6.07 Å². The van der Waals surface area contributed by atoms with Gasteiger partial charge in [0, 0.05) is 11.8 Å². The smallest absolute Gasteiger partial charge is 0.433 e. The van der Waals surface area contributed by atoms with Crippen LogP contribution in [0.5, 0.6) is 5.75 Å². The van der Waals surface area contributed by atoms with Gasteiger partial charge in [-0.25, -0.2) is 9.97 Å². The highest BCUT2D eigenvalue weighted by molar-refractivity contribution is 9.10. The number of benzene rings is 1. The van der Waals surface area contributed by atoms with Crippen LogP contribution in [0.15, 0.2) is 28.7 Å². The molecule has 21 heavy (non-hydrogen) atoms. The van der Waals surface area contributed by atoms with Gasteiger partial charge >= 0.3 is 6.18 Å². The summed E-state index contributed by atoms with van der Waals surface area (Å²) in [5.74, 6) is 0.539. The maximum atomic E-state index is 12.6. The van der Waals surface area contributed by atoms with E-state index in [2.05, 4.69) is 31.2 Å². The summed E-state index contributed by atoms with van der Waals surface area (Å²) < 4.78 is 43.7. The predicted molar refractivity (Wildman–Crippen MR) is 76.0 cm³/mol. The first kappa shape index (κ1) is 15.8. The summed E-state index contributed by atoms with van der Waals surface area (Å²) in [4.78, 5) is 6.86. The van der Waals surface area contributed by atoms with Crippen molar-refractivity contribution >= 4 is 39.0 Å². The summed E-state index contributed by atoms with van der Waals surface area (Å²) in [7, 11) is 1.51. The molecule has 0 spiro atoms. The second-order valence-electron chi connectivity index (χ2n) is 3.88. The third-order valence-electron chi connectivity index (χ3n) is 2.41. The lowest BCUT2D eigenvalue weighted by Gasteiger charge is -2.11. The molecule has 9 heteroatoms. The molecule has 4 nitrogen and oxygen atoms in total. The van der Waals surface area contributed by atoms with Crippen molar-refractivity contribution in [2.75, 3.05) is 12.4 Å². The maximum absolute atomic E-state index is 12.6. The molecule has 0 atom stereocenters. The van der Waals surface area contributed by atoms with E-state index in [1.807, 2.05) is 0 Å². The summed E-state index contributed by atoms with van der Waals surface area (Å²) in [6, 6.07) is 5.71. The number of methoxy groups -OCH3 is 1. The van der Waals surface area contributed by atoms with Crippen LogP contribution in [0, 0.1) is 0 Å². The molecule has 0 bridgehead atoms. The van der Waals surface area contributed by atoms with Crippen molar-refractivity contribution < 1.29 is 17.9 Å². The number of alkyl halides is 3. The standard InChI is InChI=1S/C12H8BrClF3N3O/c1-21-8-3-2-6(4-7(8)13)18-10-5-9(12(15,16)17)19-11(14)20-10/h2-5H,1H3,(H,18,19,20). The number of rotatable bonds is 3. The Balaban J connectivity index is 2.31. The summed E-state index contributed by atoms with van der Waals surface area (Å²) >= 11 is 8.79. The van der Waals surface area contributed by atoms with Gasteiger partial charge in [0.15, 0.2) is 5.69 Å². The molecule has 0 aliphatic heterocycles. The van der Waals surface area contributed by atoms with E-state index in [4.69, 9.17) is 16.3 Å². The quantitative estimate of drug-likeness (QED) is 0.784. The SMILES string of the molecule is COc1ccc(Nc2cc(C(F)(F)F)nc(Cl)n2)cc1Br. The van der Waals surface area contributed by atoms with Crippen molar-refractivity contribution in [2.24, 2.45) is 0 Å². The number of hydrogen-bond donors (Lipinski definition) is 1. The average molecular weight is 383 g/mol. The van der Waals surface area contributed by atoms with Crippen LogP contribution in [-0.4, -0.2) is 17.1 Å². The maximum Gasteiger partial charge on any atom is 0.433 e. The number of aromatic nitrogens is 2. The van der Waals surface area contributed by atoms with Gasteiger partial charge in [0.05, 0.1) is 11.6 Å². The Morgan fingerprint density at radius 1 is 1.24 bits per heavy atom. The van der Waals surface area contributed by atoms with E-state index in [1.165, 1.54) is 7.11 Å². The van der Waals surface area contributed by atoms with Gasteiger partial charge in [-0.2, -0.15) is 13.2 Å². The van der Waals surface area contributed by atoms with Crippen molar-refractivity contribution in [1.82, 2.24) is 9.97 Å². The fourth-order valence-electron chi connectivity index (χ4n) is 1.52. The third kappa shape index (κ3) is 3.98. The lowest BCUT2D eigenvalue weighted by atomic mass is 10.3. The van der Waals surface area contributed by atoms with Crippen molar-refractivity contribution in [3.05, 3.63) is 39.7 Å². The molecule has 1 aromatic heterocycles. The van der Waals surface area contributed by atoms with Gasteiger partial charge in [0.2, 0.25) is 5.28 Å². The Morgan fingerprint density at radius 3 is 2.52 bits per heavy atom. The summed E-state index contributed by atoms with van der Waals surface area (Å²) in [6.45, 7) is 0. The first-order valence-corrected chi connectivity index (χ1v) is 6.69. The minimum atomic E-state index is -4.59. The number of nitrogens with zero attached hydrogens (tertiary/aromatic N) is 2. The van der Waals surface area contributed by atoms with E-state index < -0.39 is 17.2 Å². The van der Waals surface area contributed by atoms with Gasteiger partial charge < -0.3 is 10.1 Å². The molecule has 0 fully saturated rings. The molecule has 0 amide bonds. The Morgan fingerprint density at radius 2 is 1.95 bits per heavy atom. The molecule has 1 aromatic carbocycles. The van der Waals surface area contributed by atoms with Crippen LogP contribution in [0.3, 0.4) is 0 Å². The minimum absolute atomic E-state index is 0.0561. The van der Waals surface area contributed by atoms with Crippen LogP contribution in [0.1, 0.15) is 5.69 Å². The summed E-state index contributed by atoms with van der Waals surface area (Å²) in [5, 5.41) is 2.24. The van der Waals surface area contributed by atoms with Crippen LogP contribution >= 0.6 is 27.5 Å². The van der Waals surface area contributed by atoms with Gasteiger partial charge in [0.25, 0.3) is 0 Å². The molecule has 1 heterocycles. The Bertz CT molecular complexity index is 667. The lowest BCUT2D eigenvalue weighted by Crippen LogP contribution is -2.10. The minimum Gasteiger partial charge on any atom is -0.496 e. The molecule has 2 aromatic rings. The fourth-order valence-corrected chi connectivity index (χ4v) is 2.24. The normalized spacial score (nSPS) is 11.3. The Labute approximate surface area is 131 Å². The van der Waals surface area contributed by atoms with Crippen LogP contribution in [-0.2, 0) is 6.18 Å². The monoisotopic (exact) mass is 381 g/mol. The van der Waals surface area contributed by atoms with E-state index >= 15 is 0 Å². The number of nitrogens with one attached hydrogen (secondary N) is 1. The van der Waals surface area contributed by atoms with Gasteiger partial charge in [-0.1, -0.05) is 0 Å². The number of halogens is 5. The van der Waals surface area contributed by atoms with Gasteiger partial charge in [-0.15, -0.1) is 0 Å². The zero-order valence-corrected chi connectivity index (χ0v) is 12.8. The van der Waals surface area contributed by atoms with Crippen molar-refractivity contribution in [3.8, 4) is 5.75 Å². The number of hydrogen-bond acceptors (Lipinski definition) is 4. The second-order valence-corrected chi connectivity index (χ2v) is 5.07. The highest BCUT2D eigenvalue weighted by Gasteiger charge is 2.33. The van der Waals surface area contributed by atoms with Crippen LogP contribution in [0.2, 0.25) is 5.28 Å². The van der Waals surface area contributed by atoms with E-state index in [0.29, 0.717) is 15.9 Å². The zero-order valence-electron chi connectivity index (χ0n) is 10.5. The molecule has 0 radical (unpaired) electrons. The number of ether oxygens (including phenoxy) is 1. The second kappa shape index (κ2) is 6.07. The average Bonchev–Trinajstić information content (AvgIpc) is 2.37. The van der Waals surface area contributed by atoms with E-state index in [-0.39, 0.29) is 5.82 Å². The summed E-state index contributed by atoms with van der Waals surface area (Å²) in [5.41, 5.74) is -0.594. The molecule has 0 unspecified atom stereocenters. The molecular weight excluding hydrogens is 375 g/mol. The predicted octanol–water partition coefficient (Wildman–Crippen LogP) is 4.66. The third-order valence-corrected chi connectivity index (χ3v) is 3.20. The number of anilines is 2. The van der Waals surface area contributed by atoms with E-state index in [9.17, 15) is 13.2 Å². The van der Waals surface area contributed by atoms with Crippen molar-refractivity contribution in [2.45, 2.75) is 6.18 Å². The summed E-state index contributed by atoms with van der Waals surface area (Å²) in [6.07, 6.45) is -4.59. The molecule has 0 aliphatic rings. The first-order valence-electron chi connectivity index (χ1n) is 5.52. The van der Waals surface area contributed by atoms with Crippen LogP contribution in [0.4, 0.5) is 24.7 Å². The van der Waals surface area contributed by atoms with Gasteiger partial charge in [0.1, 0.15) is 11.6 Å². The van der Waals surface area contributed by atoms with Gasteiger partial charge in [-0.3, -0.25) is 0 Å². The first-order chi connectivity index (χ1) is 9.79. The highest BCUT2D eigenvalue weighted by Crippen LogP contribution is 2.32. The molecule has 1 N–H and O–H groups in total. The highest BCUT2D eigenvalue weighted by atomic mass is 79.9. The molecule has 2 rings (SSSR count). The van der Waals surface area contributed by atoms with Crippen LogP contribution in [0.25, 0.3) is 0 Å². The molecule has 0 aliphatic carbocycles. The molecule has 0 saturated carbocycles. The molecule has 0 saturated heterocycles. The zero-order chi connectivity index (χ0) is 15.6. The van der Waals surface area contributed by atoms with Crippen molar-refractivity contribution in [1.29, 1.82) is 0 Å². The topological polar surface area (TPSA) is 47.0 Å². The Hall–Kier alpha value is -1.54. The largest absolute Gasteiger partial charge is 0.496 e. The molecule has 112 valence electrons.